The zero-order valence-electron chi connectivity index (χ0n) is 16.7. The van der Waals surface area contributed by atoms with Crippen molar-refractivity contribution in [3.05, 3.63) is 71.3 Å². The summed E-state index contributed by atoms with van der Waals surface area (Å²) in [6.45, 7) is 4.16. The Kier molecular flexibility index (Phi) is 7.95. The molecule has 2 N–H and O–H groups in total. The van der Waals surface area contributed by atoms with Crippen LogP contribution in [0.5, 0.6) is 0 Å². The van der Waals surface area contributed by atoms with Gasteiger partial charge in [0.25, 0.3) is 0 Å². The Hall–Kier alpha value is -2.51. The molecule has 1 atom stereocenters. The molecule has 1 unspecified atom stereocenters. The van der Waals surface area contributed by atoms with Crippen LogP contribution in [0.25, 0.3) is 0 Å². The quantitative estimate of drug-likeness (QED) is 0.552. The van der Waals surface area contributed by atoms with Crippen LogP contribution in [-0.2, 0) is 11.2 Å². The summed E-state index contributed by atoms with van der Waals surface area (Å²) in [5.41, 5.74) is 1.86. The Morgan fingerprint density at radius 1 is 1.07 bits per heavy atom. The van der Waals surface area contributed by atoms with Crippen LogP contribution in [0.4, 0.5) is 8.78 Å². The van der Waals surface area contributed by atoms with Crippen LogP contribution in [0, 0.1) is 11.6 Å². The van der Waals surface area contributed by atoms with E-state index < -0.39 is 0 Å². The molecule has 29 heavy (non-hydrogen) atoms. The molecule has 1 heterocycles. The second-order valence-electron chi connectivity index (χ2n) is 6.98. The third kappa shape index (κ3) is 6.51. The molecule has 2 aromatic rings. The number of aliphatic imine (C=N–C) groups is 1. The predicted molar refractivity (Wildman–Crippen MR) is 111 cm³/mol. The largest absolute Gasteiger partial charge is 0.379 e. The van der Waals surface area contributed by atoms with Crippen LogP contribution in [0.1, 0.15) is 17.2 Å². The predicted octanol–water partition coefficient (Wildman–Crippen LogP) is 2.75. The molecule has 5 nitrogen and oxygen atoms in total. The minimum absolute atomic E-state index is 0.0105. The van der Waals surface area contributed by atoms with Crippen LogP contribution in [0.2, 0.25) is 0 Å². The molecular weight excluding hydrogens is 374 g/mol. The van der Waals surface area contributed by atoms with E-state index in [1.807, 2.05) is 12.1 Å². The average molecular weight is 402 g/mol. The van der Waals surface area contributed by atoms with E-state index in [0.29, 0.717) is 38.7 Å². The first-order valence-electron chi connectivity index (χ1n) is 9.92. The molecule has 0 spiro atoms. The van der Waals surface area contributed by atoms with Crippen molar-refractivity contribution in [1.29, 1.82) is 0 Å². The van der Waals surface area contributed by atoms with E-state index in [0.717, 1.165) is 24.2 Å². The van der Waals surface area contributed by atoms with E-state index in [2.05, 4.69) is 20.5 Å². The number of guanidine groups is 1. The molecule has 1 aliphatic rings. The number of benzene rings is 2. The second-order valence-corrected chi connectivity index (χ2v) is 6.98. The SMILES string of the molecule is CN=C(NCCc1cccc(F)c1)NCC(c1cccc(F)c1)N1CCOCC1. The van der Waals surface area contributed by atoms with Gasteiger partial charge >= 0.3 is 0 Å². The van der Waals surface area contributed by atoms with Gasteiger partial charge < -0.3 is 15.4 Å². The maximum atomic E-state index is 13.8. The molecule has 1 saturated heterocycles. The Labute approximate surface area is 170 Å². The van der Waals surface area contributed by atoms with Gasteiger partial charge in [0.15, 0.2) is 5.96 Å². The van der Waals surface area contributed by atoms with E-state index in [1.165, 1.54) is 18.2 Å². The molecular formula is C22H28F2N4O. The summed E-state index contributed by atoms with van der Waals surface area (Å²) in [6.07, 6.45) is 0.690. The van der Waals surface area contributed by atoms with E-state index in [1.54, 1.807) is 25.2 Å². The van der Waals surface area contributed by atoms with Gasteiger partial charge in [0.1, 0.15) is 11.6 Å². The van der Waals surface area contributed by atoms with Gasteiger partial charge in [0, 0.05) is 33.2 Å². The first-order valence-corrected chi connectivity index (χ1v) is 9.92. The van der Waals surface area contributed by atoms with Crippen molar-refractivity contribution in [3.8, 4) is 0 Å². The summed E-state index contributed by atoms with van der Waals surface area (Å²) in [5, 5.41) is 6.60. The number of nitrogens with zero attached hydrogens (tertiary/aromatic N) is 2. The van der Waals surface area contributed by atoms with Crippen LogP contribution in [-0.4, -0.2) is 57.3 Å². The fourth-order valence-corrected chi connectivity index (χ4v) is 3.49. The third-order valence-electron chi connectivity index (χ3n) is 5.00. The molecule has 3 rings (SSSR count). The van der Waals surface area contributed by atoms with E-state index in [9.17, 15) is 8.78 Å². The summed E-state index contributed by atoms with van der Waals surface area (Å²) in [7, 11) is 1.71. The van der Waals surface area contributed by atoms with Gasteiger partial charge in [-0.2, -0.15) is 0 Å². The number of hydrogen-bond donors (Lipinski definition) is 2. The summed E-state index contributed by atoms with van der Waals surface area (Å²) in [6, 6.07) is 13.3. The van der Waals surface area contributed by atoms with E-state index >= 15 is 0 Å². The van der Waals surface area contributed by atoms with Gasteiger partial charge in [-0.3, -0.25) is 9.89 Å². The average Bonchev–Trinajstić information content (AvgIpc) is 2.73. The van der Waals surface area contributed by atoms with Crippen molar-refractivity contribution in [3.63, 3.8) is 0 Å². The van der Waals surface area contributed by atoms with Crippen molar-refractivity contribution >= 4 is 5.96 Å². The molecule has 0 saturated carbocycles. The van der Waals surface area contributed by atoms with Crippen molar-refractivity contribution in [1.82, 2.24) is 15.5 Å². The van der Waals surface area contributed by atoms with Gasteiger partial charge in [-0.25, -0.2) is 8.78 Å². The van der Waals surface area contributed by atoms with E-state index in [4.69, 9.17) is 4.74 Å². The summed E-state index contributed by atoms with van der Waals surface area (Å²) in [5.74, 6) is 0.197. The molecule has 156 valence electrons. The van der Waals surface area contributed by atoms with Gasteiger partial charge in [-0.05, 0) is 41.8 Å². The van der Waals surface area contributed by atoms with Gasteiger partial charge in [-0.15, -0.1) is 0 Å². The van der Waals surface area contributed by atoms with Crippen molar-refractivity contribution < 1.29 is 13.5 Å². The van der Waals surface area contributed by atoms with Crippen molar-refractivity contribution in [2.24, 2.45) is 4.99 Å². The highest BCUT2D eigenvalue weighted by molar-refractivity contribution is 5.79. The van der Waals surface area contributed by atoms with Gasteiger partial charge in [0.05, 0.1) is 19.3 Å². The first-order chi connectivity index (χ1) is 14.2. The first kappa shape index (κ1) is 21.2. The minimum Gasteiger partial charge on any atom is -0.379 e. The summed E-state index contributed by atoms with van der Waals surface area (Å²) in [4.78, 5) is 6.57. The lowest BCUT2D eigenvalue weighted by molar-refractivity contribution is 0.0169. The van der Waals surface area contributed by atoms with Gasteiger partial charge in [-0.1, -0.05) is 24.3 Å². The normalized spacial score (nSPS) is 16.4. The number of halogens is 2. The zero-order chi connectivity index (χ0) is 20.5. The van der Waals surface area contributed by atoms with E-state index in [-0.39, 0.29) is 17.7 Å². The lowest BCUT2D eigenvalue weighted by Crippen LogP contribution is -2.46. The molecule has 0 radical (unpaired) electrons. The van der Waals surface area contributed by atoms with Crippen LogP contribution in [0.15, 0.2) is 53.5 Å². The second kappa shape index (κ2) is 10.9. The fraction of sp³-hybridized carbons (Fsp3) is 0.409. The lowest BCUT2D eigenvalue weighted by Gasteiger charge is -2.35. The van der Waals surface area contributed by atoms with Crippen LogP contribution < -0.4 is 10.6 Å². The third-order valence-corrected chi connectivity index (χ3v) is 5.00. The number of morpholine rings is 1. The van der Waals surface area contributed by atoms with Crippen LogP contribution >= 0.6 is 0 Å². The highest BCUT2D eigenvalue weighted by atomic mass is 19.1. The Balaban J connectivity index is 1.58. The highest BCUT2D eigenvalue weighted by Gasteiger charge is 2.23. The Bertz CT molecular complexity index is 809. The number of nitrogens with one attached hydrogen (secondary N) is 2. The number of rotatable bonds is 7. The topological polar surface area (TPSA) is 48.9 Å². The number of hydrogen-bond acceptors (Lipinski definition) is 3. The van der Waals surface area contributed by atoms with Crippen molar-refractivity contribution in [2.45, 2.75) is 12.5 Å². The monoisotopic (exact) mass is 402 g/mol. The molecule has 0 amide bonds. The number of ether oxygens (including phenoxy) is 1. The Morgan fingerprint density at radius 2 is 1.79 bits per heavy atom. The van der Waals surface area contributed by atoms with Gasteiger partial charge in [0.2, 0.25) is 0 Å². The smallest absolute Gasteiger partial charge is 0.191 e. The molecule has 0 bridgehead atoms. The van der Waals surface area contributed by atoms with Crippen molar-refractivity contribution in [2.75, 3.05) is 46.4 Å². The zero-order valence-corrected chi connectivity index (χ0v) is 16.7. The molecule has 1 aliphatic heterocycles. The lowest BCUT2D eigenvalue weighted by atomic mass is 10.0. The molecule has 2 aromatic carbocycles. The fourth-order valence-electron chi connectivity index (χ4n) is 3.49. The Morgan fingerprint density at radius 3 is 2.48 bits per heavy atom. The minimum atomic E-state index is -0.238. The van der Waals surface area contributed by atoms with Crippen LogP contribution in [0.3, 0.4) is 0 Å². The maximum absolute atomic E-state index is 13.8. The summed E-state index contributed by atoms with van der Waals surface area (Å²) < 4.78 is 32.5. The molecule has 7 heteroatoms. The standard InChI is InChI=1S/C22H28F2N4O/c1-25-22(26-9-8-17-4-2-6-19(23)14-17)27-16-21(28-10-12-29-13-11-28)18-5-3-7-20(24)15-18/h2-7,14-15,21H,8-13,16H2,1H3,(H2,25,26,27). The highest BCUT2D eigenvalue weighted by Crippen LogP contribution is 2.22. The maximum Gasteiger partial charge on any atom is 0.191 e. The molecule has 1 fully saturated rings. The molecule has 0 aliphatic carbocycles. The summed E-state index contributed by atoms with van der Waals surface area (Å²) >= 11 is 0. The molecule has 0 aromatic heterocycles.